The standard InChI is InChI=1S/C14H21NO2/c1-14(2,3)10-15-9-11-5-4-6-12-13(11)17-8-7-16-12/h4-6,15H,7-10H2,1-3H3. The van der Waals surface area contributed by atoms with E-state index in [1.165, 1.54) is 5.56 Å². The molecule has 0 atom stereocenters. The zero-order valence-electron chi connectivity index (χ0n) is 10.9. The lowest BCUT2D eigenvalue weighted by molar-refractivity contribution is 0.169. The summed E-state index contributed by atoms with van der Waals surface area (Å²) in [6.45, 7) is 9.76. The molecule has 2 rings (SSSR count). The maximum atomic E-state index is 5.67. The van der Waals surface area contributed by atoms with E-state index in [-0.39, 0.29) is 0 Å². The molecule has 3 heteroatoms. The lowest BCUT2D eigenvalue weighted by atomic mass is 9.97. The number of fused-ring (bicyclic) bond motifs is 1. The summed E-state index contributed by atoms with van der Waals surface area (Å²) in [7, 11) is 0. The van der Waals surface area contributed by atoms with Crippen molar-refractivity contribution in [3.05, 3.63) is 23.8 Å². The predicted octanol–water partition coefficient (Wildman–Crippen LogP) is 2.59. The molecule has 0 fully saturated rings. The van der Waals surface area contributed by atoms with Crippen molar-refractivity contribution in [2.24, 2.45) is 5.41 Å². The smallest absolute Gasteiger partial charge is 0.165 e. The van der Waals surface area contributed by atoms with E-state index in [9.17, 15) is 0 Å². The van der Waals surface area contributed by atoms with Gasteiger partial charge >= 0.3 is 0 Å². The van der Waals surface area contributed by atoms with Gasteiger partial charge in [-0.1, -0.05) is 32.9 Å². The van der Waals surface area contributed by atoms with Gasteiger partial charge in [0.25, 0.3) is 0 Å². The first-order chi connectivity index (χ1) is 8.06. The summed E-state index contributed by atoms with van der Waals surface area (Å²) in [4.78, 5) is 0. The molecule has 0 spiro atoms. The van der Waals surface area contributed by atoms with E-state index in [1.54, 1.807) is 0 Å². The molecule has 0 aliphatic carbocycles. The molecule has 0 bridgehead atoms. The zero-order valence-corrected chi connectivity index (χ0v) is 10.9. The van der Waals surface area contributed by atoms with Gasteiger partial charge in [0.1, 0.15) is 13.2 Å². The summed E-state index contributed by atoms with van der Waals surface area (Å²) in [5.74, 6) is 1.77. The number of nitrogens with one attached hydrogen (secondary N) is 1. The van der Waals surface area contributed by atoms with Crippen molar-refractivity contribution in [3.63, 3.8) is 0 Å². The van der Waals surface area contributed by atoms with Gasteiger partial charge in [0.2, 0.25) is 0 Å². The van der Waals surface area contributed by atoms with Crippen molar-refractivity contribution < 1.29 is 9.47 Å². The normalized spacial score (nSPS) is 14.8. The van der Waals surface area contributed by atoms with Gasteiger partial charge in [-0.05, 0) is 11.5 Å². The molecule has 1 aromatic rings. The highest BCUT2D eigenvalue weighted by atomic mass is 16.6. The van der Waals surface area contributed by atoms with Crippen LogP contribution in [0.4, 0.5) is 0 Å². The van der Waals surface area contributed by atoms with Crippen molar-refractivity contribution in [2.45, 2.75) is 27.3 Å². The van der Waals surface area contributed by atoms with Crippen LogP contribution in [-0.4, -0.2) is 19.8 Å². The van der Waals surface area contributed by atoms with Gasteiger partial charge < -0.3 is 14.8 Å². The monoisotopic (exact) mass is 235 g/mol. The molecule has 17 heavy (non-hydrogen) atoms. The van der Waals surface area contributed by atoms with Crippen LogP contribution >= 0.6 is 0 Å². The van der Waals surface area contributed by atoms with E-state index >= 15 is 0 Å². The Morgan fingerprint density at radius 2 is 1.94 bits per heavy atom. The molecule has 0 radical (unpaired) electrons. The molecular formula is C14H21NO2. The van der Waals surface area contributed by atoms with Crippen LogP contribution in [0.5, 0.6) is 11.5 Å². The second-order valence-electron chi connectivity index (χ2n) is 5.61. The highest BCUT2D eigenvalue weighted by Crippen LogP contribution is 2.33. The fraction of sp³-hybridized carbons (Fsp3) is 0.571. The quantitative estimate of drug-likeness (QED) is 0.873. The molecule has 0 amide bonds. The van der Waals surface area contributed by atoms with E-state index in [4.69, 9.17) is 9.47 Å². The van der Waals surface area contributed by atoms with Crippen LogP contribution in [0.3, 0.4) is 0 Å². The number of benzene rings is 1. The molecule has 0 saturated carbocycles. The molecule has 3 nitrogen and oxygen atoms in total. The first-order valence-corrected chi connectivity index (χ1v) is 6.14. The number of rotatable bonds is 3. The average Bonchev–Trinajstić information content (AvgIpc) is 2.28. The second-order valence-corrected chi connectivity index (χ2v) is 5.61. The summed E-state index contributed by atoms with van der Waals surface area (Å²) >= 11 is 0. The van der Waals surface area contributed by atoms with Crippen molar-refractivity contribution in [2.75, 3.05) is 19.8 Å². The van der Waals surface area contributed by atoms with E-state index in [0.29, 0.717) is 18.6 Å². The average molecular weight is 235 g/mol. The first kappa shape index (κ1) is 12.2. The number of para-hydroxylation sites is 1. The van der Waals surface area contributed by atoms with Gasteiger partial charge in [0.15, 0.2) is 11.5 Å². The van der Waals surface area contributed by atoms with Crippen molar-refractivity contribution in [3.8, 4) is 11.5 Å². The fourth-order valence-corrected chi connectivity index (χ4v) is 1.85. The Morgan fingerprint density at radius 3 is 2.71 bits per heavy atom. The Balaban J connectivity index is 2.01. The fourth-order valence-electron chi connectivity index (χ4n) is 1.85. The van der Waals surface area contributed by atoms with Crippen LogP contribution in [0, 0.1) is 5.41 Å². The van der Waals surface area contributed by atoms with Gasteiger partial charge in [-0.2, -0.15) is 0 Å². The molecule has 1 aliphatic heterocycles. The first-order valence-electron chi connectivity index (χ1n) is 6.14. The zero-order chi connectivity index (χ0) is 12.3. The van der Waals surface area contributed by atoms with Crippen molar-refractivity contribution in [1.29, 1.82) is 0 Å². The molecule has 0 saturated heterocycles. The van der Waals surface area contributed by atoms with Gasteiger partial charge in [-0.15, -0.1) is 0 Å². The molecule has 1 aromatic carbocycles. The molecule has 94 valence electrons. The maximum Gasteiger partial charge on any atom is 0.165 e. The minimum absolute atomic E-state index is 0.298. The minimum atomic E-state index is 0.298. The van der Waals surface area contributed by atoms with Gasteiger partial charge in [0, 0.05) is 18.7 Å². The van der Waals surface area contributed by atoms with Crippen LogP contribution in [0.2, 0.25) is 0 Å². The Labute approximate surface area is 103 Å². The van der Waals surface area contributed by atoms with E-state index < -0.39 is 0 Å². The molecule has 0 aromatic heterocycles. The van der Waals surface area contributed by atoms with Crippen molar-refractivity contribution in [1.82, 2.24) is 5.32 Å². The summed E-state index contributed by atoms with van der Waals surface area (Å²) < 4.78 is 11.2. The summed E-state index contributed by atoms with van der Waals surface area (Å²) in [6, 6.07) is 6.06. The predicted molar refractivity (Wildman–Crippen MR) is 68.6 cm³/mol. The summed E-state index contributed by atoms with van der Waals surface area (Å²) in [5.41, 5.74) is 1.47. The van der Waals surface area contributed by atoms with Crippen LogP contribution in [0.15, 0.2) is 18.2 Å². The summed E-state index contributed by atoms with van der Waals surface area (Å²) in [5, 5.41) is 3.46. The molecular weight excluding hydrogens is 214 g/mol. The van der Waals surface area contributed by atoms with E-state index in [1.807, 2.05) is 12.1 Å². The molecule has 1 heterocycles. The third-order valence-corrected chi connectivity index (χ3v) is 2.62. The van der Waals surface area contributed by atoms with Gasteiger partial charge in [-0.3, -0.25) is 0 Å². The maximum absolute atomic E-state index is 5.67. The van der Waals surface area contributed by atoms with Gasteiger partial charge in [0.05, 0.1) is 0 Å². The Morgan fingerprint density at radius 1 is 1.18 bits per heavy atom. The number of hydrogen-bond acceptors (Lipinski definition) is 3. The second kappa shape index (κ2) is 4.96. The number of hydrogen-bond donors (Lipinski definition) is 1. The number of ether oxygens (including phenoxy) is 2. The topological polar surface area (TPSA) is 30.5 Å². The largest absolute Gasteiger partial charge is 0.486 e. The van der Waals surface area contributed by atoms with Crippen LogP contribution in [0.25, 0.3) is 0 Å². The summed E-state index contributed by atoms with van der Waals surface area (Å²) in [6.07, 6.45) is 0. The lowest BCUT2D eigenvalue weighted by Crippen LogP contribution is -2.27. The van der Waals surface area contributed by atoms with Crippen molar-refractivity contribution >= 4 is 0 Å². The lowest BCUT2D eigenvalue weighted by Gasteiger charge is -2.22. The van der Waals surface area contributed by atoms with E-state index in [0.717, 1.165) is 24.6 Å². The highest BCUT2D eigenvalue weighted by molar-refractivity contribution is 5.47. The molecule has 0 unspecified atom stereocenters. The Kier molecular flexibility index (Phi) is 3.57. The van der Waals surface area contributed by atoms with Crippen LogP contribution in [-0.2, 0) is 6.54 Å². The Bertz CT molecular complexity index is 382. The van der Waals surface area contributed by atoms with E-state index in [2.05, 4.69) is 32.2 Å². The van der Waals surface area contributed by atoms with Crippen LogP contribution < -0.4 is 14.8 Å². The molecule has 1 aliphatic rings. The third-order valence-electron chi connectivity index (χ3n) is 2.62. The third kappa shape index (κ3) is 3.37. The minimum Gasteiger partial charge on any atom is -0.486 e. The van der Waals surface area contributed by atoms with Gasteiger partial charge in [-0.25, -0.2) is 0 Å². The SMILES string of the molecule is CC(C)(C)CNCc1cccc2c1OCCO2. The molecule has 1 N–H and O–H groups in total. The highest BCUT2D eigenvalue weighted by Gasteiger charge is 2.16. The Hall–Kier alpha value is -1.22. The van der Waals surface area contributed by atoms with Crippen LogP contribution in [0.1, 0.15) is 26.3 Å².